The minimum Gasteiger partial charge on any atom is -0.480 e. The summed E-state index contributed by atoms with van der Waals surface area (Å²) in [7, 11) is 0. The van der Waals surface area contributed by atoms with E-state index in [1.165, 1.54) is 12.1 Å². The summed E-state index contributed by atoms with van der Waals surface area (Å²) in [5, 5.41) is 8.98. The van der Waals surface area contributed by atoms with Crippen molar-refractivity contribution >= 4 is 40.2 Å². The molecule has 0 fully saturated rings. The van der Waals surface area contributed by atoms with Crippen molar-refractivity contribution in [1.82, 2.24) is 0 Å². The Balaban J connectivity index is 3.24. The van der Waals surface area contributed by atoms with Crippen LogP contribution >= 0.6 is 34.2 Å². The van der Waals surface area contributed by atoms with Crippen molar-refractivity contribution in [3.8, 4) is 0 Å². The van der Waals surface area contributed by atoms with E-state index < -0.39 is 16.3 Å². The fourth-order valence-electron chi connectivity index (χ4n) is 1.10. The first kappa shape index (κ1) is 12.6. The zero-order valence-corrected chi connectivity index (χ0v) is 10.2. The molecule has 0 saturated heterocycles. The van der Waals surface area contributed by atoms with E-state index in [0.29, 0.717) is 0 Å². The molecule has 6 heteroatoms. The number of carboxylic acids is 1. The Hall–Kier alpha value is -0.430. The van der Waals surface area contributed by atoms with E-state index in [4.69, 9.17) is 16.7 Å². The van der Waals surface area contributed by atoms with E-state index in [1.807, 2.05) is 0 Å². The van der Waals surface area contributed by atoms with Crippen LogP contribution < -0.4 is 0 Å². The largest absolute Gasteiger partial charge is 0.480 e. The molecule has 1 aromatic rings. The maximum atomic E-state index is 12.5. The average molecular weight is 346 g/mol. The van der Waals surface area contributed by atoms with E-state index >= 15 is 0 Å². The lowest BCUT2D eigenvalue weighted by Crippen LogP contribution is -2.07. The molecule has 0 amide bonds. The summed E-state index contributed by atoms with van der Waals surface area (Å²) >= 11 is 7.21. The molecule has 2 nitrogen and oxygen atoms in total. The summed E-state index contributed by atoms with van der Waals surface area (Å²) in [6, 6.07) is 3.73. The number of aliphatic carboxylic acids is 1. The molecule has 0 bridgehead atoms. The fraction of sp³-hybridized carbons (Fsp3) is 0.222. The summed E-state index contributed by atoms with van der Waals surface area (Å²) in [6.07, 6.45) is -2.70. The highest BCUT2D eigenvalue weighted by atomic mass is 127. The molecule has 0 spiro atoms. The van der Waals surface area contributed by atoms with Crippen LogP contribution in [-0.4, -0.2) is 11.1 Å². The van der Waals surface area contributed by atoms with E-state index in [0.717, 1.165) is 6.07 Å². The van der Waals surface area contributed by atoms with E-state index in [1.54, 1.807) is 22.6 Å². The molecule has 1 unspecified atom stereocenters. The van der Waals surface area contributed by atoms with Gasteiger partial charge in [-0.2, -0.15) is 0 Å². The van der Waals surface area contributed by atoms with Crippen molar-refractivity contribution in [3.05, 3.63) is 34.3 Å². The molecule has 0 aliphatic carbocycles. The number of hydrogen-bond donors (Lipinski definition) is 1. The number of carbonyl (C=O) groups is 1. The van der Waals surface area contributed by atoms with Crippen molar-refractivity contribution in [2.45, 2.75) is 10.4 Å². The lowest BCUT2D eigenvalue weighted by atomic mass is 10.1. The molecule has 0 aromatic heterocycles. The number of halogens is 4. The zero-order chi connectivity index (χ0) is 11.6. The lowest BCUT2D eigenvalue weighted by molar-refractivity contribution is -0.136. The van der Waals surface area contributed by atoms with Crippen LogP contribution in [0.15, 0.2) is 18.2 Å². The van der Waals surface area contributed by atoms with E-state index in [-0.39, 0.29) is 16.1 Å². The van der Waals surface area contributed by atoms with Crippen LogP contribution in [0.5, 0.6) is 0 Å². The van der Waals surface area contributed by atoms with Crippen LogP contribution in [0.25, 0.3) is 0 Å². The van der Waals surface area contributed by atoms with Gasteiger partial charge in [0, 0.05) is 10.6 Å². The molecule has 0 aliphatic heterocycles. The topological polar surface area (TPSA) is 37.3 Å². The third kappa shape index (κ3) is 3.01. The fourth-order valence-corrected chi connectivity index (χ4v) is 1.82. The molecular formula is C9H6ClF2IO2. The minimum atomic E-state index is -2.70. The minimum absolute atomic E-state index is 0.0469. The molecule has 15 heavy (non-hydrogen) atoms. The lowest BCUT2D eigenvalue weighted by Gasteiger charge is -2.11. The molecular weight excluding hydrogens is 340 g/mol. The van der Waals surface area contributed by atoms with Crippen molar-refractivity contribution in [2.24, 2.45) is 0 Å². The number of hydrogen-bond acceptors (Lipinski definition) is 1. The Bertz CT molecular complexity index is 384. The summed E-state index contributed by atoms with van der Waals surface area (Å²) < 4.78 is 24.1. The van der Waals surface area contributed by atoms with Crippen LogP contribution in [0.3, 0.4) is 0 Å². The van der Waals surface area contributed by atoms with Crippen LogP contribution in [0, 0.1) is 0 Å². The molecule has 82 valence electrons. The Kier molecular flexibility index (Phi) is 4.27. The summed E-state index contributed by atoms with van der Waals surface area (Å²) in [5.41, 5.74) is -0.244. The zero-order valence-electron chi connectivity index (χ0n) is 7.25. The van der Waals surface area contributed by atoms with Crippen LogP contribution in [0.2, 0.25) is 5.02 Å². The Labute approximate surface area is 103 Å². The first-order chi connectivity index (χ1) is 6.93. The molecule has 1 aromatic carbocycles. The van der Waals surface area contributed by atoms with Crippen molar-refractivity contribution in [1.29, 1.82) is 0 Å². The number of alkyl halides is 3. The van der Waals surface area contributed by atoms with Gasteiger partial charge in [0.25, 0.3) is 6.43 Å². The predicted molar refractivity (Wildman–Crippen MR) is 60.8 cm³/mol. The van der Waals surface area contributed by atoms with Gasteiger partial charge in [-0.3, -0.25) is 4.79 Å². The van der Waals surface area contributed by atoms with E-state index in [9.17, 15) is 13.6 Å². The molecule has 1 rings (SSSR count). The molecule has 0 aliphatic rings. The first-order valence-corrected chi connectivity index (χ1v) is 5.50. The highest BCUT2D eigenvalue weighted by Crippen LogP contribution is 2.34. The van der Waals surface area contributed by atoms with Gasteiger partial charge >= 0.3 is 5.97 Å². The molecule has 0 saturated carbocycles. The van der Waals surface area contributed by atoms with Crippen LogP contribution in [-0.2, 0) is 4.79 Å². The summed E-state index contributed by atoms with van der Waals surface area (Å²) in [6.45, 7) is 0. The second-order valence-electron chi connectivity index (χ2n) is 2.77. The average Bonchev–Trinajstić information content (AvgIpc) is 2.15. The maximum Gasteiger partial charge on any atom is 0.321 e. The summed E-state index contributed by atoms with van der Waals surface area (Å²) in [4.78, 5) is 10.7. The molecule has 0 radical (unpaired) electrons. The van der Waals surface area contributed by atoms with Crippen molar-refractivity contribution in [2.75, 3.05) is 0 Å². The smallest absolute Gasteiger partial charge is 0.321 e. The van der Waals surface area contributed by atoms with Gasteiger partial charge in [-0.25, -0.2) is 8.78 Å². The number of carboxylic acid groups (broad SMARTS) is 1. The maximum absolute atomic E-state index is 12.5. The predicted octanol–water partition coefficient (Wildman–Crippen LogP) is 3.84. The van der Waals surface area contributed by atoms with Gasteiger partial charge < -0.3 is 5.11 Å². The molecule has 0 heterocycles. The molecule has 1 atom stereocenters. The first-order valence-electron chi connectivity index (χ1n) is 3.88. The van der Waals surface area contributed by atoms with E-state index in [2.05, 4.69) is 0 Å². The standard InChI is InChI=1S/C9H6ClF2IO2/c10-4-1-2-5(8(11)12)6(3-4)7(13)9(14)15/h1-3,7-8H,(H,14,15). The highest BCUT2D eigenvalue weighted by Gasteiger charge is 2.23. The van der Waals surface area contributed by atoms with Crippen molar-refractivity contribution in [3.63, 3.8) is 0 Å². The van der Waals surface area contributed by atoms with Gasteiger partial charge in [-0.15, -0.1) is 0 Å². The second kappa shape index (κ2) is 5.07. The van der Waals surface area contributed by atoms with Gasteiger partial charge in [0.2, 0.25) is 0 Å². The Morgan fingerprint density at radius 3 is 2.47 bits per heavy atom. The Morgan fingerprint density at radius 2 is 2.00 bits per heavy atom. The van der Waals surface area contributed by atoms with Crippen molar-refractivity contribution < 1.29 is 18.7 Å². The van der Waals surface area contributed by atoms with Gasteiger partial charge in [0.05, 0.1) is 0 Å². The third-order valence-electron chi connectivity index (χ3n) is 1.77. The highest BCUT2D eigenvalue weighted by molar-refractivity contribution is 14.1. The van der Waals surface area contributed by atoms with Gasteiger partial charge in [0.15, 0.2) is 0 Å². The number of benzene rings is 1. The van der Waals surface area contributed by atoms with Gasteiger partial charge in [-0.1, -0.05) is 40.3 Å². The Morgan fingerprint density at radius 1 is 1.40 bits per heavy atom. The summed E-state index contributed by atoms with van der Waals surface area (Å²) in [5.74, 6) is -1.17. The number of rotatable bonds is 3. The second-order valence-corrected chi connectivity index (χ2v) is 4.46. The SMILES string of the molecule is O=C(O)C(I)c1cc(Cl)ccc1C(F)F. The van der Waals surface area contributed by atoms with Gasteiger partial charge in [-0.05, 0) is 17.7 Å². The van der Waals surface area contributed by atoms with Gasteiger partial charge in [0.1, 0.15) is 3.92 Å². The van der Waals surface area contributed by atoms with Crippen LogP contribution in [0.4, 0.5) is 8.78 Å². The van der Waals surface area contributed by atoms with Crippen LogP contribution in [0.1, 0.15) is 21.5 Å². The monoisotopic (exact) mass is 346 g/mol. The molecule has 1 N–H and O–H groups in total. The third-order valence-corrected chi connectivity index (χ3v) is 3.21. The normalized spacial score (nSPS) is 12.9. The quantitative estimate of drug-likeness (QED) is 0.667.